The van der Waals surface area contributed by atoms with Crippen LogP contribution in [0.25, 0.3) is 0 Å². The fourth-order valence-electron chi connectivity index (χ4n) is 2.05. The first-order chi connectivity index (χ1) is 7.44. The number of amides is 2. The molecule has 1 heterocycles. The summed E-state index contributed by atoms with van der Waals surface area (Å²) in [5.74, 6) is -0.0528. The first-order valence-corrected chi connectivity index (χ1v) is 5.71. The number of nitrogens with two attached hydrogens (primary N) is 1. The lowest BCUT2D eigenvalue weighted by molar-refractivity contribution is -0.133. The van der Waals surface area contributed by atoms with E-state index in [1.165, 1.54) is 0 Å². The summed E-state index contributed by atoms with van der Waals surface area (Å²) in [6.07, 6.45) is 1.33. The van der Waals surface area contributed by atoms with E-state index in [4.69, 9.17) is 5.73 Å². The van der Waals surface area contributed by atoms with Crippen molar-refractivity contribution >= 4 is 11.8 Å². The Morgan fingerprint density at radius 1 is 1.56 bits per heavy atom. The van der Waals surface area contributed by atoms with Crippen molar-refractivity contribution in [2.75, 3.05) is 20.1 Å². The SMILES string of the molecule is CC[C@@H](N)C(=O)N1CCC(C)(C(=O)NC)C1. The molecule has 5 heteroatoms. The molecule has 1 aliphatic rings. The summed E-state index contributed by atoms with van der Waals surface area (Å²) in [6, 6.07) is -0.438. The third-order valence-corrected chi connectivity index (χ3v) is 3.32. The molecule has 0 aromatic heterocycles. The van der Waals surface area contributed by atoms with E-state index in [0.717, 1.165) is 0 Å². The molecule has 1 rings (SSSR count). The number of nitrogens with one attached hydrogen (secondary N) is 1. The van der Waals surface area contributed by atoms with Crippen LogP contribution in [0.1, 0.15) is 26.7 Å². The van der Waals surface area contributed by atoms with Crippen LogP contribution in [0, 0.1) is 5.41 Å². The van der Waals surface area contributed by atoms with Crippen LogP contribution in [-0.2, 0) is 9.59 Å². The molecule has 0 saturated carbocycles. The molecular weight excluding hydrogens is 206 g/mol. The van der Waals surface area contributed by atoms with E-state index in [1.54, 1.807) is 11.9 Å². The van der Waals surface area contributed by atoms with Gasteiger partial charge in [0.05, 0.1) is 11.5 Å². The van der Waals surface area contributed by atoms with Crippen LogP contribution in [0.4, 0.5) is 0 Å². The van der Waals surface area contributed by atoms with Crippen molar-refractivity contribution in [2.24, 2.45) is 11.1 Å². The van der Waals surface area contributed by atoms with Gasteiger partial charge in [0.1, 0.15) is 0 Å². The van der Waals surface area contributed by atoms with Gasteiger partial charge in [-0.15, -0.1) is 0 Å². The lowest BCUT2D eigenvalue weighted by atomic mass is 9.89. The fourth-order valence-corrected chi connectivity index (χ4v) is 2.05. The van der Waals surface area contributed by atoms with Crippen LogP contribution in [0.2, 0.25) is 0 Å². The Morgan fingerprint density at radius 3 is 2.69 bits per heavy atom. The maximum absolute atomic E-state index is 11.8. The molecule has 1 fully saturated rings. The van der Waals surface area contributed by atoms with Crippen molar-refractivity contribution in [3.8, 4) is 0 Å². The van der Waals surface area contributed by atoms with Crippen LogP contribution in [0.3, 0.4) is 0 Å². The number of nitrogens with zero attached hydrogens (tertiary/aromatic N) is 1. The van der Waals surface area contributed by atoms with Crippen molar-refractivity contribution in [1.82, 2.24) is 10.2 Å². The Morgan fingerprint density at radius 2 is 2.19 bits per heavy atom. The summed E-state index contributed by atoms with van der Waals surface area (Å²) in [4.78, 5) is 25.2. The minimum atomic E-state index is -0.460. The van der Waals surface area contributed by atoms with Gasteiger partial charge in [0, 0.05) is 20.1 Å². The molecule has 0 spiro atoms. The van der Waals surface area contributed by atoms with Crippen LogP contribution in [0.15, 0.2) is 0 Å². The van der Waals surface area contributed by atoms with E-state index in [9.17, 15) is 9.59 Å². The highest BCUT2D eigenvalue weighted by atomic mass is 16.2. The summed E-state index contributed by atoms with van der Waals surface area (Å²) in [6.45, 7) is 4.86. The summed E-state index contributed by atoms with van der Waals surface area (Å²) in [5.41, 5.74) is 5.24. The monoisotopic (exact) mass is 227 g/mol. The summed E-state index contributed by atoms with van der Waals surface area (Å²) >= 11 is 0. The number of carbonyl (C=O) groups is 2. The molecule has 1 saturated heterocycles. The molecular formula is C11H21N3O2. The average Bonchev–Trinajstić information content (AvgIpc) is 2.70. The minimum absolute atomic E-state index is 0.00660. The molecule has 2 atom stereocenters. The zero-order chi connectivity index (χ0) is 12.3. The molecule has 5 nitrogen and oxygen atoms in total. The van der Waals surface area contributed by atoms with Gasteiger partial charge in [-0.1, -0.05) is 6.92 Å². The second kappa shape index (κ2) is 4.82. The highest BCUT2D eigenvalue weighted by Gasteiger charge is 2.42. The highest BCUT2D eigenvalue weighted by Crippen LogP contribution is 2.30. The van der Waals surface area contributed by atoms with E-state index in [2.05, 4.69) is 5.32 Å². The summed E-state index contributed by atoms with van der Waals surface area (Å²) in [7, 11) is 1.62. The van der Waals surface area contributed by atoms with Crippen LogP contribution >= 0.6 is 0 Å². The predicted octanol–water partition coefficient (Wildman–Crippen LogP) is -0.292. The Kier molecular flexibility index (Phi) is 3.91. The van der Waals surface area contributed by atoms with Crippen molar-refractivity contribution < 1.29 is 9.59 Å². The van der Waals surface area contributed by atoms with Crippen LogP contribution < -0.4 is 11.1 Å². The molecule has 0 radical (unpaired) electrons. The first kappa shape index (κ1) is 13.0. The Labute approximate surface area is 96.4 Å². The van der Waals surface area contributed by atoms with E-state index in [-0.39, 0.29) is 11.8 Å². The number of carbonyl (C=O) groups excluding carboxylic acids is 2. The molecule has 0 bridgehead atoms. The Balaban J connectivity index is 2.65. The molecule has 0 aliphatic carbocycles. The Hall–Kier alpha value is -1.10. The van der Waals surface area contributed by atoms with Gasteiger partial charge in [-0.25, -0.2) is 0 Å². The maximum Gasteiger partial charge on any atom is 0.239 e. The number of hydrogen-bond donors (Lipinski definition) is 2. The zero-order valence-corrected chi connectivity index (χ0v) is 10.2. The molecule has 0 aromatic rings. The van der Waals surface area contributed by atoms with Gasteiger partial charge in [0.2, 0.25) is 11.8 Å². The van der Waals surface area contributed by atoms with Gasteiger partial charge < -0.3 is 16.0 Å². The molecule has 92 valence electrons. The Bertz CT molecular complexity index is 293. The van der Waals surface area contributed by atoms with Gasteiger partial charge in [-0.2, -0.15) is 0 Å². The molecule has 0 aromatic carbocycles. The van der Waals surface area contributed by atoms with Gasteiger partial charge in [0.15, 0.2) is 0 Å². The maximum atomic E-state index is 11.8. The quantitative estimate of drug-likeness (QED) is 0.695. The normalized spacial score (nSPS) is 26.6. The molecule has 1 aliphatic heterocycles. The first-order valence-electron chi connectivity index (χ1n) is 5.71. The number of hydrogen-bond acceptors (Lipinski definition) is 3. The topological polar surface area (TPSA) is 75.4 Å². The smallest absolute Gasteiger partial charge is 0.239 e. The van der Waals surface area contributed by atoms with E-state index in [1.807, 2.05) is 13.8 Å². The van der Waals surface area contributed by atoms with Gasteiger partial charge in [-0.05, 0) is 19.8 Å². The number of rotatable bonds is 3. The summed E-state index contributed by atoms with van der Waals surface area (Å²) in [5, 5.41) is 2.64. The predicted molar refractivity (Wildman–Crippen MR) is 61.6 cm³/mol. The van der Waals surface area contributed by atoms with Gasteiger partial charge >= 0.3 is 0 Å². The van der Waals surface area contributed by atoms with Crippen molar-refractivity contribution in [3.05, 3.63) is 0 Å². The number of likely N-dealkylation sites (tertiary alicyclic amines) is 1. The highest BCUT2D eigenvalue weighted by molar-refractivity contribution is 5.86. The van der Waals surface area contributed by atoms with E-state index < -0.39 is 11.5 Å². The van der Waals surface area contributed by atoms with Crippen molar-refractivity contribution in [2.45, 2.75) is 32.7 Å². The second-order valence-corrected chi connectivity index (χ2v) is 4.66. The molecule has 1 unspecified atom stereocenters. The molecule has 2 amide bonds. The standard InChI is InChI=1S/C11H21N3O2/c1-4-8(12)9(15)14-6-5-11(2,7-14)10(16)13-3/h8H,4-7,12H2,1-3H3,(H,13,16)/t8-,11?/m1/s1. The fraction of sp³-hybridized carbons (Fsp3) is 0.818. The van der Waals surface area contributed by atoms with Crippen LogP contribution in [-0.4, -0.2) is 42.9 Å². The lowest BCUT2D eigenvalue weighted by Gasteiger charge is -2.24. The van der Waals surface area contributed by atoms with Crippen LogP contribution in [0.5, 0.6) is 0 Å². The molecule has 3 N–H and O–H groups in total. The lowest BCUT2D eigenvalue weighted by Crippen LogP contribution is -2.45. The summed E-state index contributed by atoms with van der Waals surface area (Å²) < 4.78 is 0. The van der Waals surface area contributed by atoms with E-state index >= 15 is 0 Å². The third kappa shape index (κ3) is 2.35. The van der Waals surface area contributed by atoms with Crippen molar-refractivity contribution in [3.63, 3.8) is 0 Å². The average molecular weight is 227 g/mol. The van der Waals surface area contributed by atoms with Gasteiger partial charge in [-0.3, -0.25) is 9.59 Å². The zero-order valence-electron chi connectivity index (χ0n) is 10.2. The largest absolute Gasteiger partial charge is 0.359 e. The minimum Gasteiger partial charge on any atom is -0.359 e. The van der Waals surface area contributed by atoms with E-state index in [0.29, 0.717) is 25.9 Å². The molecule has 16 heavy (non-hydrogen) atoms. The second-order valence-electron chi connectivity index (χ2n) is 4.66. The third-order valence-electron chi connectivity index (χ3n) is 3.32. The van der Waals surface area contributed by atoms with Crippen molar-refractivity contribution in [1.29, 1.82) is 0 Å². The van der Waals surface area contributed by atoms with Gasteiger partial charge in [0.25, 0.3) is 0 Å².